The van der Waals surface area contributed by atoms with Crippen LogP contribution in [0.5, 0.6) is 11.5 Å². The topological polar surface area (TPSA) is 90.6 Å². The average molecular weight is 595 g/mol. The van der Waals surface area contributed by atoms with E-state index >= 15 is 0 Å². The minimum absolute atomic E-state index is 0.216. The Hall–Kier alpha value is -3.89. The molecule has 0 amide bonds. The van der Waals surface area contributed by atoms with Crippen LogP contribution < -0.4 is 19.5 Å². The first kappa shape index (κ1) is 31.1. The Kier molecular flexibility index (Phi) is 9.90. The molecule has 3 aromatic carbocycles. The van der Waals surface area contributed by atoms with E-state index in [-0.39, 0.29) is 11.5 Å². The molecular formula is C32H36F2N4O3S. The van der Waals surface area contributed by atoms with Crippen LogP contribution in [0.25, 0.3) is 11.3 Å². The number of ether oxygens (including phenoxy) is 2. The fourth-order valence-corrected chi connectivity index (χ4v) is 5.30. The molecule has 0 fully saturated rings. The number of hydrogen-bond donors (Lipinski definition) is 1. The summed E-state index contributed by atoms with van der Waals surface area (Å²) in [7, 11) is 1.66. The molecule has 1 aromatic heterocycles. The predicted octanol–water partition coefficient (Wildman–Crippen LogP) is 6.54. The standard InChI is InChI=1S/C32H36F2N4O3S/c1-21(18-32(2,3)42(35)39)29-17-30(36-37-31(29)24-14-25(33)16-26(34)15-24)38(19-22-6-10-27(40-4)11-7-22)20-23-8-12-28(41-5)13-9-23/h6-17,21H,18-20,35H2,1-5H3/t21-,42?/m0/s1. The van der Waals surface area contributed by atoms with E-state index in [1.54, 1.807) is 14.2 Å². The monoisotopic (exact) mass is 594 g/mol. The first-order chi connectivity index (χ1) is 20.0. The largest absolute Gasteiger partial charge is 0.497 e. The second-order valence-corrected chi connectivity index (χ2v) is 12.6. The van der Waals surface area contributed by atoms with Gasteiger partial charge in [-0.3, -0.25) is 5.14 Å². The van der Waals surface area contributed by atoms with Crippen LogP contribution in [-0.4, -0.2) is 33.4 Å². The number of nitrogens with zero attached hydrogens (tertiary/aromatic N) is 3. The number of aromatic nitrogens is 2. The number of anilines is 1. The van der Waals surface area contributed by atoms with Crippen molar-refractivity contribution in [3.63, 3.8) is 0 Å². The van der Waals surface area contributed by atoms with Gasteiger partial charge in [-0.05, 0) is 85.3 Å². The van der Waals surface area contributed by atoms with Crippen molar-refractivity contribution >= 4 is 16.8 Å². The first-order valence-electron chi connectivity index (χ1n) is 13.5. The number of rotatable bonds is 12. The molecular weight excluding hydrogens is 558 g/mol. The highest BCUT2D eigenvalue weighted by Crippen LogP contribution is 2.36. The Bertz CT molecular complexity index is 1460. The van der Waals surface area contributed by atoms with Crippen molar-refractivity contribution in [1.82, 2.24) is 10.2 Å². The number of benzene rings is 3. The lowest BCUT2D eigenvalue weighted by Gasteiger charge is -2.28. The third-order valence-electron chi connectivity index (χ3n) is 7.21. The summed E-state index contributed by atoms with van der Waals surface area (Å²) in [4.78, 5) is 2.08. The van der Waals surface area contributed by atoms with Crippen molar-refractivity contribution in [3.05, 3.63) is 101 Å². The van der Waals surface area contributed by atoms with Crippen molar-refractivity contribution < 1.29 is 22.5 Å². The molecule has 0 aliphatic rings. The van der Waals surface area contributed by atoms with E-state index in [2.05, 4.69) is 15.1 Å². The van der Waals surface area contributed by atoms with Gasteiger partial charge in [0.2, 0.25) is 0 Å². The fraction of sp³-hybridized carbons (Fsp3) is 0.312. The fourth-order valence-electron chi connectivity index (χ4n) is 4.89. The molecule has 10 heteroatoms. The molecule has 0 radical (unpaired) electrons. The zero-order chi connectivity index (χ0) is 30.4. The average Bonchev–Trinajstić information content (AvgIpc) is 2.96. The predicted molar refractivity (Wildman–Crippen MR) is 163 cm³/mol. The van der Waals surface area contributed by atoms with Gasteiger partial charge in [-0.1, -0.05) is 31.2 Å². The van der Waals surface area contributed by atoms with Crippen LogP contribution in [0, 0.1) is 11.6 Å². The van der Waals surface area contributed by atoms with Crippen LogP contribution in [0.1, 0.15) is 49.8 Å². The van der Waals surface area contributed by atoms with Crippen LogP contribution >= 0.6 is 0 Å². The molecule has 7 nitrogen and oxygen atoms in total. The lowest BCUT2D eigenvalue weighted by molar-refractivity contribution is 0.414. The van der Waals surface area contributed by atoms with Crippen LogP contribution in [0.2, 0.25) is 0 Å². The Morgan fingerprint density at radius 3 is 1.81 bits per heavy atom. The molecule has 4 aromatic rings. The van der Waals surface area contributed by atoms with E-state index in [0.29, 0.717) is 31.0 Å². The Morgan fingerprint density at radius 1 is 0.857 bits per heavy atom. The van der Waals surface area contributed by atoms with E-state index in [4.69, 9.17) is 14.6 Å². The molecule has 1 heterocycles. The third kappa shape index (κ3) is 7.68. The highest BCUT2D eigenvalue weighted by atomic mass is 32.2. The second kappa shape index (κ2) is 13.4. The van der Waals surface area contributed by atoms with Gasteiger partial charge < -0.3 is 14.4 Å². The van der Waals surface area contributed by atoms with Gasteiger partial charge in [0.05, 0.1) is 35.6 Å². The maximum Gasteiger partial charge on any atom is 0.152 e. The van der Waals surface area contributed by atoms with Gasteiger partial charge >= 0.3 is 0 Å². The zero-order valence-corrected chi connectivity index (χ0v) is 25.3. The van der Waals surface area contributed by atoms with E-state index in [1.807, 2.05) is 75.4 Å². The smallest absolute Gasteiger partial charge is 0.152 e. The molecule has 0 saturated heterocycles. The van der Waals surface area contributed by atoms with E-state index in [1.165, 1.54) is 12.1 Å². The molecule has 2 atom stereocenters. The van der Waals surface area contributed by atoms with Crippen LogP contribution in [0.3, 0.4) is 0 Å². The van der Waals surface area contributed by atoms with Gasteiger partial charge in [0, 0.05) is 24.7 Å². The lowest BCUT2D eigenvalue weighted by Crippen LogP contribution is -2.33. The normalized spacial score (nSPS) is 13.0. The Labute approximate surface area is 248 Å². The molecule has 1 unspecified atom stereocenters. The summed E-state index contributed by atoms with van der Waals surface area (Å²) in [5, 5.41) is 14.9. The van der Waals surface area contributed by atoms with Crippen molar-refractivity contribution in [1.29, 1.82) is 0 Å². The van der Waals surface area contributed by atoms with E-state index in [9.17, 15) is 13.0 Å². The Morgan fingerprint density at radius 2 is 1.36 bits per heavy atom. The van der Waals surface area contributed by atoms with Crippen molar-refractivity contribution in [2.75, 3.05) is 19.1 Å². The van der Waals surface area contributed by atoms with Crippen LogP contribution in [-0.2, 0) is 24.1 Å². The van der Waals surface area contributed by atoms with Gasteiger partial charge in [0.15, 0.2) is 5.82 Å². The van der Waals surface area contributed by atoms with Gasteiger partial charge in [0.1, 0.15) is 23.1 Å². The van der Waals surface area contributed by atoms with Gasteiger partial charge in [-0.15, -0.1) is 10.2 Å². The van der Waals surface area contributed by atoms with Crippen molar-refractivity contribution in [2.24, 2.45) is 5.14 Å². The van der Waals surface area contributed by atoms with Gasteiger partial charge in [-0.25, -0.2) is 13.0 Å². The Balaban J connectivity index is 1.81. The minimum Gasteiger partial charge on any atom is -0.497 e. The van der Waals surface area contributed by atoms with Crippen molar-refractivity contribution in [2.45, 2.75) is 50.9 Å². The number of halogens is 2. The van der Waals surface area contributed by atoms with E-state index < -0.39 is 27.4 Å². The molecule has 0 aliphatic carbocycles. The summed E-state index contributed by atoms with van der Waals surface area (Å²) in [5.41, 5.74) is 3.40. The molecule has 0 spiro atoms. The minimum atomic E-state index is -1.59. The number of methoxy groups -OCH3 is 2. The van der Waals surface area contributed by atoms with Crippen molar-refractivity contribution in [3.8, 4) is 22.8 Å². The molecule has 4 rings (SSSR count). The van der Waals surface area contributed by atoms with Gasteiger partial charge in [0.25, 0.3) is 0 Å². The number of nitrogens with two attached hydrogens (primary N) is 1. The molecule has 0 bridgehead atoms. The molecule has 222 valence electrons. The highest BCUT2D eigenvalue weighted by Gasteiger charge is 2.29. The van der Waals surface area contributed by atoms with Crippen LogP contribution in [0.4, 0.5) is 14.6 Å². The van der Waals surface area contributed by atoms with E-state index in [0.717, 1.165) is 34.3 Å². The maximum atomic E-state index is 14.3. The first-order valence-corrected chi connectivity index (χ1v) is 14.7. The summed E-state index contributed by atoms with van der Waals surface area (Å²) in [6, 6.07) is 20.7. The summed E-state index contributed by atoms with van der Waals surface area (Å²) in [6.45, 7) is 6.63. The summed E-state index contributed by atoms with van der Waals surface area (Å²) in [5.74, 6) is 0.450. The highest BCUT2D eigenvalue weighted by molar-refractivity contribution is 7.84. The summed E-state index contributed by atoms with van der Waals surface area (Å²) < 4.78 is 50.7. The summed E-state index contributed by atoms with van der Waals surface area (Å²) in [6.07, 6.45) is 0.447. The molecule has 42 heavy (non-hydrogen) atoms. The molecule has 2 N–H and O–H groups in total. The van der Waals surface area contributed by atoms with Gasteiger partial charge in [-0.2, -0.15) is 0 Å². The lowest BCUT2D eigenvalue weighted by atomic mass is 9.89. The summed E-state index contributed by atoms with van der Waals surface area (Å²) >= 11 is 0. The number of hydrogen-bond acceptors (Lipinski definition) is 6. The van der Waals surface area contributed by atoms with Crippen LogP contribution in [0.15, 0.2) is 72.8 Å². The SMILES string of the molecule is COc1ccc(CN(Cc2ccc(OC)cc2)c2cc([C@@H](C)CC(C)(C)S(N)=O)c(-c3cc(F)cc(F)c3)nn2)cc1. The second-order valence-electron chi connectivity index (χ2n) is 10.9. The maximum absolute atomic E-state index is 14.3. The molecule has 0 aliphatic heterocycles. The third-order valence-corrected chi connectivity index (χ3v) is 8.46. The molecule has 0 saturated carbocycles. The quantitative estimate of drug-likeness (QED) is 0.200. The zero-order valence-electron chi connectivity index (χ0n) is 24.4.